The first-order valence-electron chi connectivity index (χ1n) is 6.12. The number of carbonyl (C=O) groups is 2. The number of aliphatic imine (C=N–C) groups is 3. The summed E-state index contributed by atoms with van der Waals surface area (Å²) in [5.41, 5.74) is 0. The minimum atomic E-state index is -1.20. The van der Waals surface area contributed by atoms with Crippen molar-refractivity contribution in [1.29, 1.82) is 0 Å². The number of nitrogens with zero attached hydrogens (tertiary/aromatic N) is 3. The number of isocyanates is 3. The van der Waals surface area contributed by atoms with Crippen LogP contribution in [0.4, 0.5) is 0 Å². The minimum absolute atomic E-state index is 0.00947. The van der Waals surface area contributed by atoms with Gasteiger partial charge < -0.3 is 9.47 Å². The van der Waals surface area contributed by atoms with Crippen molar-refractivity contribution in [1.82, 2.24) is 0 Å². The van der Waals surface area contributed by atoms with Gasteiger partial charge in [-0.15, -0.1) is 0 Å². The Labute approximate surface area is 124 Å². The topological polar surface area (TPSA) is 141 Å². The zero-order chi connectivity index (χ0) is 16.6. The van der Waals surface area contributed by atoms with E-state index in [1.54, 1.807) is 0 Å². The number of rotatable bonds is 11. The van der Waals surface area contributed by atoms with Gasteiger partial charge in [-0.25, -0.2) is 29.2 Å². The van der Waals surface area contributed by atoms with E-state index in [1.807, 2.05) is 0 Å². The molecule has 1 unspecified atom stereocenters. The molecule has 0 aromatic carbocycles. The summed E-state index contributed by atoms with van der Waals surface area (Å²) in [6, 6.07) is -1.20. The van der Waals surface area contributed by atoms with Crippen LogP contribution in [0.5, 0.6) is 0 Å². The highest BCUT2D eigenvalue weighted by atomic mass is 16.5. The van der Waals surface area contributed by atoms with Crippen LogP contribution < -0.4 is 0 Å². The molecule has 118 valence electrons. The third kappa shape index (κ3) is 9.94. The fraction of sp³-hybridized carbons (Fsp3) is 0.583. The van der Waals surface area contributed by atoms with Crippen molar-refractivity contribution in [2.75, 3.05) is 26.3 Å². The number of hydrogen-bond acceptors (Lipinski definition) is 10. The summed E-state index contributed by atoms with van der Waals surface area (Å²) >= 11 is 0. The van der Waals surface area contributed by atoms with Crippen molar-refractivity contribution in [3.05, 3.63) is 0 Å². The maximum Gasteiger partial charge on any atom is 0.331 e. The average Bonchev–Trinajstić information content (AvgIpc) is 2.52. The van der Waals surface area contributed by atoms with E-state index in [4.69, 9.17) is 9.47 Å². The van der Waals surface area contributed by atoms with E-state index in [0.29, 0.717) is 0 Å². The fourth-order valence-corrected chi connectivity index (χ4v) is 1.21. The molecular weight excluding hydrogens is 298 g/mol. The summed E-state index contributed by atoms with van der Waals surface area (Å²) in [4.78, 5) is 62.3. The highest BCUT2D eigenvalue weighted by molar-refractivity contribution is 5.78. The van der Waals surface area contributed by atoms with Crippen molar-refractivity contribution < 1.29 is 33.4 Å². The van der Waals surface area contributed by atoms with Gasteiger partial charge in [-0.3, -0.25) is 4.79 Å². The van der Waals surface area contributed by atoms with E-state index >= 15 is 0 Å². The highest BCUT2D eigenvalue weighted by Crippen LogP contribution is 2.05. The Morgan fingerprint density at radius 3 is 2.05 bits per heavy atom. The number of esters is 2. The molecule has 0 heterocycles. The van der Waals surface area contributed by atoms with Gasteiger partial charge in [0, 0.05) is 6.42 Å². The van der Waals surface area contributed by atoms with Crippen LogP contribution in [0.2, 0.25) is 0 Å². The molecule has 10 heteroatoms. The van der Waals surface area contributed by atoms with Crippen LogP contribution in [0.15, 0.2) is 15.0 Å². The van der Waals surface area contributed by atoms with Gasteiger partial charge >= 0.3 is 11.9 Å². The van der Waals surface area contributed by atoms with Gasteiger partial charge in [-0.1, -0.05) is 0 Å². The molecule has 0 N–H and O–H groups in total. The summed E-state index contributed by atoms with van der Waals surface area (Å²) in [6.07, 6.45) is 3.46. The standard InChI is InChI=1S/C12H13N3O7/c16-7-13-3-5-21-11(19)2-1-10(15-9-18)12(20)22-6-4-14-8-17/h10H,1-6H2. The summed E-state index contributed by atoms with van der Waals surface area (Å²) < 4.78 is 9.41. The lowest BCUT2D eigenvalue weighted by Gasteiger charge is -2.09. The van der Waals surface area contributed by atoms with Gasteiger partial charge in [-0.2, -0.15) is 4.99 Å². The molecule has 1 atom stereocenters. The summed E-state index contributed by atoms with van der Waals surface area (Å²) in [7, 11) is 0. The minimum Gasteiger partial charge on any atom is -0.464 e. The highest BCUT2D eigenvalue weighted by Gasteiger charge is 2.20. The maximum absolute atomic E-state index is 11.6. The van der Waals surface area contributed by atoms with Crippen LogP contribution in [0.3, 0.4) is 0 Å². The van der Waals surface area contributed by atoms with Crippen LogP contribution in [0, 0.1) is 0 Å². The normalized spacial score (nSPS) is 10.2. The molecule has 0 fully saturated rings. The lowest BCUT2D eigenvalue weighted by atomic mass is 10.1. The van der Waals surface area contributed by atoms with Crippen LogP contribution >= 0.6 is 0 Å². The maximum atomic E-state index is 11.6. The average molecular weight is 311 g/mol. The van der Waals surface area contributed by atoms with Gasteiger partial charge in [0.1, 0.15) is 13.2 Å². The van der Waals surface area contributed by atoms with Crippen molar-refractivity contribution in [2.45, 2.75) is 18.9 Å². The van der Waals surface area contributed by atoms with E-state index in [0.717, 1.165) is 0 Å². The summed E-state index contributed by atoms with van der Waals surface area (Å²) in [5, 5.41) is 0. The second kappa shape index (κ2) is 13.1. The van der Waals surface area contributed by atoms with Gasteiger partial charge in [0.05, 0.1) is 13.1 Å². The SMILES string of the molecule is O=C=NCCOC(=O)CCC(N=C=O)C(=O)OCCN=C=O. The third-order valence-electron chi connectivity index (χ3n) is 2.15. The quantitative estimate of drug-likeness (QED) is 0.211. The number of carbonyl (C=O) groups excluding carboxylic acids is 5. The number of hydrogen-bond donors (Lipinski definition) is 0. The van der Waals surface area contributed by atoms with Crippen LogP contribution in [0.25, 0.3) is 0 Å². The molecule has 0 saturated heterocycles. The van der Waals surface area contributed by atoms with Crippen LogP contribution in [0.1, 0.15) is 12.8 Å². The molecule has 0 saturated carbocycles. The van der Waals surface area contributed by atoms with E-state index in [2.05, 4.69) is 15.0 Å². The van der Waals surface area contributed by atoms with E-state index in [1.165, 1.54) is 18.2 Å². The fourth-order valence-electron chi connectivity index (χ4n) is 1.21. The lowest BCUT2D eigenvalue weighted by molar-refractivity contribution is -0.146. The Hall–Kier alpha value is -2.92. The van der Waals surface area contributed by atoms with Crippen molar-refractivity contribution in [3.63, 3.8) is 0 Å². The Balaban J connectivity index is 4.19. The van der Waals surface area contributed by atoms with Gasteiger partial charge in [0.15, 0.2) is 6.04 Å². The molecule has 0 aromatic rings. The van der Waals surface area contributed by atoms with E-state index in [9.17, 15) is 24.0 Å². The second-order valence-electron chi connectivity index (χ2n) is 3.61. The lowest BCUT2D eigenvalue weighted by Crippen LogP contribution is -2.24. The molecule has 0 bridgehead atoms. The van der Waals surface area contributed by atoms with E-state index in [-0.39, 0.29) is 39.1 Å². The molecular formula is C12H13N3O7. The predicted molar refractivity (Wildman–Crippen MR) is 69.0 cm³/mol. The summed E-state index contributed by atoms with van der Waals surface area (Å²) in [6.45, 7) is -0.340. The monoisotopic (exact) mass is 311 g/mol. The third-order valence-corrected chi connectivity index (χ3v) is 2.15. The Kier molecular flexibility index (Phi) is 11.3. The number of ether oxygens (including phenoxy) is 2. The van der Waals surface area contributed by atoms with Crippen LogP contribution in [-0.2, 0) is 33.4 Å². The zero-order valence-electron chi connectivity index (χ0n) is 11.5. The van der Waals surface area contributed by atoms with Crippen LogP contribution in [-0.4, -0.2) is 62.5 Å². The van der Waals surface area contributed by atoms with Crippen molar-refractivity contribution in [3.8, 4) is 0 Å². The Bertz CT molecular complexity index is 515. The largest absolute Gasteiger partial charge is 0.464 e. The van der Waals surface area contributed by atoms with Crippen molar-refractivity contribution >= 4 is 30.2 Å². The van der Waals surface area contributed by atoms with Crippen molar-refractivity contribution in [2.24, 2.45) is 15.0 Å². The Morgan fingerprint density at radius 2 is 1.50 bits per heavy atom. The predicted octanol–water partition coefficient (Wildman–Crippen LogP) is -0.771. The molecule has 0 aliphatic heterocycles. The smallest absolute Gasteiger partial charge is 0.331 e. The molecule has 0 radical (unpaired) electrons. The first kappa shape index (κ1) is 19.1. The van der Waals surface area contributed by atoms with Gasteiger partial charge in [0.2, 0.25) is 18.2 Å². The molecule has 0 aliphatic carbocycles. The first-order valence-corrected chi connectivity index (χ1v) is 6.12. The second-order valence-corrected chi connectivity index (χ2v) is 3.61. The van der Waals surface area contributed by atoms with Gasteiger partial charge in [-0.05, 0) is 6.42 Å². The molecule has 0 rings (SSSR count). The first-order chi connectivity index (χ1) is 10.7. The van der Waals surface area contributed by atoms with Gasteiger partial charge in [0.25, 0.3) is 0 Å². The molecule has 22 heavy (non-hydrogen) atoms. The van der Waals surface area contributed by atoms with E-state index < -0.39 is 18.0 Å². The molecule has 0 aromatic heterocycles. The molecule has 0 amide bonds. The molecule has 10 nitrogen and oxygen atoms in total. The zero-order valence-corrected chi connectivity index (χ0v) is 11.5. The molecule has 0 spiro atoms. The Morgan fingerprint density at radius 1 is 0.909 bits per heavy atom. The summed E-state index contributed by atoms with van der Waals surface area (Å²) in [5.74, 6) is -1.49. The molecule has 0 aliphatic rings.